The summed E-state index contributed by atoms with van der Waals surface area (Å²) in [6.07, 6.45) is -1.28. The summed E-state index contributed by atoms with van der Waals surface area (Å²) in [4.78, 5) is 16.6. The summed E-state index contributed by atoms with van der Waals surface area (Å²) in [5.74, 6) is -1.02. The zero-order valence-corrected chi connectivity index (χ0v) is 12.3. The van der Waals surface area contributed by atoms with Crippen LogP contribution in [0, 0.1) is 0 Å². The molecule has 1 aliphatic heterocycles. The topological polar surface area (TPSA) is 62.7 Å². The molecule has 3 rings (SSSR count). The molecule has 0 radical (unpaired) electrons. The first kappa shape index (κ1) is 16.2. The molecule has 1 spiro atoms. The maximum absolute atomic E-state index is 12.6. The predicted molar refractivity (Wildman–Crippen MR) is 73.6 cm³/mol. The SMILES string of the molecule is O=C(O)C1CN(Cc2ccc(C(F)(F)F)nc2)C2(CCC2)CO1. The highest BCUT2D eigenvalue weighted by atomic mass is 19.4. The summed E-state index contributed by atoms with van der Waals surface area (Å²) in [5, 5.41) is 9.12. The predicted octanol–water partition coefficient (Wildman–Crippen LogP) is 2.31. The molecule has 1 saturated carbocycles. The third-order valence-corrected chi connectivity index (χ3v) is 4.66. The Kier molecular flexibility index (Phi) is 4.05. The number of ether oxygens (including phenoxy) is 1. The molecule has 1 saturated heterocycles. The van der Waals surface area contributed by atoms with Crippen LogP contribution in [0.4, 0.5) is 13.2 Å². The van der Waals surface area contributed by atoms with E-state index in [1.54, 1.807) is 0 Å². The van der Waals surface area contributed by atoms with Crippen molar-refractivity contribution in [2.24, 2.45) is 0 Å². The maximum Gasteiger partial charge on any atom is 0.433 e. The zero-order valence-electron chi connectivity index (χ0n) is 12.3. The van der Waals surface area contributed by atoms with Gasteiger partial charge in [-0.2, -0.15) is 13.2 Å². The van der Waals surface area contributed by atoms with Crippen LogP contribution >= 0.6 is 0 Å². The van der Waals surface area contributed by atoms with Gasteiger partial charge in [0, 0.05) is 24.8 Å². The maximum atomic E-state index is 12.6. The fourth-order valence-electron chi connectivity index (χ4n) is 3.13. The molecule has 8 heteroatoms. The molecule has 1 unspecified atom stereocenters. The Morgan fingerprint density at radius 3 is 2.65 bits per heavy atom. The molecule has 5 nitrogen and oxygen atoms in total. The Balaban J connectivity index is 1.74. The average molecular weight is 330 g/mol. The number of rotatable bonds is 3. The summed E-state index contributed by atoms with van der Waals surface area (Å²) in [6, 6.07) is 2.35. The van der Waals surface area contributed by atoms with Gasteiger partial charge in [-0.25, -0.2) is 4.79 Å². The van der Waals surface area contributed by atoms with E-state index in [0.717, 1.165) is 25.3 Å². The van der Waals surface area contributed by atoms with Crippen LogP contribution in [0.3, 0.4) is 0 Å². The largest absolute Gasteiger partial charge is 0.479 e. The molecule has 1 aromatic rings. The minimum absolute atomic E-state index is 0.186. The first-order valence-corrected chi connectivity index (χ1v) is 7.42. The molecule has 2 aliphatic rings. The van der Waals surface area contributed by atoms with Gasteiger partial charge in [-0.15, -0.1) is 0 Å². The number of carbonyl (C=O) groups is 1. The molecule has 126 valence electrons. The number of nitrogens with zero attached hydrogens (tertiary/aromatic N) is 2. The monoisotopic (exact) mass is 330 g/mol. The second-order valence-corrected chi connectivity index (χ2v) is 6.15. The molecule has 2 heterocycles. The molecular weight excluding hydrogens is 313 g/mol. The molecule has 2 fully saturated rings. The summed E-state index contributed by atoms with van der Waals surface area (Å²) in [7, 11) is 0. The van der Waals surface area contributed by atoms with E-state index < -0.39 is 23.9 Å². The van der Waals surface area contributed by atoms with Crippen LogP contribution in [0.2, 0.25) is 0 Å². The number of pyridine rings is 1. The fourth-order valence-corrected chi connectivity index (χ4v) is 3.13. The van der Waals surface area contributed by atoms with Crippen LogP contribution in [0.1, 0.15) is 30.5 Å². The quantitative estimate of drug-likeness (QED) is 0.921. The Hall–Kier alpha value is -1.67. The third kappa shape index (κ3) is 3.18. The molecule has 0 amide bonds. The molecule has 1 atom stereocenters. The van der Waals surface area contributed by atoms with Gasteiger partial charge >= 0.3 is 12.1 Å². The van der Waals surface area contributed by atoms with Gasteiger partial charge in [-0.3, -0.25) is 9.88 Å². The van der Waals surface area contributed by atoms with Crippen molar-refractivity contribution in [2.45, 2.75) is 43.6 Å². The van der Waals surface area contributed by atoms with E-state index >= 15 is 0 Å². The van der Waals surface area contributed by atoms with Crippen molar-refractivity contribution in [3.05, 3.63) is 29.6 Å². The van der Waals surface area contributed by atoms with Gasteiger partial charge in [-0.1, -0.05) is 6.07 Å². The molecule has 0 bridgehead atoms. The van der Waals surface area contributed by atoms with Crippen molar-refractivity contribution < 1.29 is 27.8 Å². The van der Waals surface area contributed by atoms with Gasteiger partial charge in [0.05, 0.1) is 6.61 Å². The number of halogens is 3. The van der Waals surface area contributed by atoms with Crippen molar-refractivity contribution in [3.63, 3.8) is 0 Å². The molecule has 1 N–H and O–H groups in total. The van der Waals surface area contributed by atoms with Crippen LogP contribution in [0.25, 0.3) is 0 Å². The smallest absolute Gasteiger partial charge is 0.433 e. The first-order chi connectivity index (χ1) is 10.8. The molecule has 1 aliphatic carbocycles. The van der Waals surface area contributed by atoms with Gasteiger partial charge in [0.25, 0.3) is 0 Å². The number of aromatic nitrogens is 1. The lowest BCUT2D eigenvalue weighted by Gasteiger charge is -2.54. The number of hydrogen-bond donors (Lipinski definition) is 1. The lowest BCUT2D eigenvalue weighted by atomic mass is 9.74. The summed E-state index contributed by atoms with van der Waals surface area (Å²) in [5.41, 5.74) is -0.477. The van der Waals surface area contributed by atoms with Crippen molar-refractivity contribution in [2.75, 3.05) is 13.2 Å². The van der Waals surface area contributed by atoms with E-state index in [9.17, 15) is 18.0 Å². The van der Waals surface area contributed by atoms with Gasteiger partial charge in [0.15, 0.2) is 6.10 Å². The first-order valence-electron chi connectivity index (χ1n) is 7.42. The van der Waals surface area contributed by atoms with E-state index in [4.69, 9.17) is 9.84 Å². The van der Waals surface area contributed by atoms with Crippen LogP contribution < -0.4 is 0 Å². The summed E-state index contributed by atoms with van der Waals surface area (Å²) < 4.78 is 43.1. The third-order valence-electron chi connectivity index (χ3n) is 4.66. The second kappa shape index (κ2) is 5.76. The van der Waals surface area contributed by atoms with Crippen molar-refractivity contribution >= 4 is 5.97 Å². The minimum Gasteiger partial charge on any atom is -0.479 e. The Morgan fingerprint density at radius 2 is 2.17 bits per heavy atom. The standard InChI is InChI=1S/C15H17F3N2O3/c16-15(17,18)12-3-2-10(6-19-12)7-20-8-11(13(21)22)23-9-14(20)4-1-5-14/h2-3,6,11H,1,4-5,7-9H2,(H,21,22). The number of morpholine rings is 1. The van der Waals surface area contributed by atoms with Crippen molar-refractivity contribution in [3.8, 4) is 0 Å². The number of carboxylic acid groups (broad SMARTS) is 1. The molecule has 1 aromatic heterocycles. The Labute approximate surface area is 131 Å². The van der Waals surface area contributed by atoms with Crippen LogP contribution in [-0.2, 0) is 22.3 Å². The van der Waals surface area contributed by atoms with Gasteiger partial charge < -0.3 is 9.84 Å². The van der Waals surface area contributed by atoms with E-state index in [1.165, 1.54) is 12.3 Å². The van der Waals surface area contributed by atoms with Crippen molar-refractivity contribution in [1.29, 1.82) is 0 Å². The normalized spacial score (nSPS) is 24.4. The highest BCUT2D eigenvalue weighted by Crippen LogP contribution is 2.41. The fraction of sp³-hybridized carbons (Fsp3) is 0.600. The summed E-state index contributed by atoms with van der Waals surface area (Å²) >= 11 is 0. The van der Waals surface area contributed by atoms with Crippen LogP contribution in [0.15, 0.2) is 18.3 Å². The van der Waals surface area contributed by atoms with E-state index in [0.29, 0.717) is 18.7 Å². The van der Waals surface area contributed by atoms with Gasteiger partial charge in [0.1, 0.15) is 5.69 Å². The number of carboxylic acids is 1. The second-order valence-electron chi connectivity index (χ2n) is 6.15. The van der Waals surface area contributed by atoms with Gasteiger partial charge in [-0.05, 0) is 30.9 Å². The zero-order chi connectivity index (χ0) is 16.7. The Bertz CT molecular complexity index is 585. The lowest BCUT2D eigenvalue weighted by molar-refractivity contribution is -0.178. The minimum atomic E-state index is -4.46. The molecule has 0 aromatic carbocycles. The summed E-state index contributed by atoms with van der Waals surface area (Å²) in [6.45, 7) is 0.951. The average Bonchev–Trinajstić information content (AvgIpc) is 2.45. The Morgan fingerprint density at radius 1 is 1.43 bits per heavy atom. The van der Waals surface area contributed by atoms with E-state index in [2.05, 4.69) is 4.98 Å². The van der Waals surface area contributed by atoms with E-state index in [1.807, 2.05) is 4.90 Å². The molecular formula is C15H17F3N2O3. The van der Waals surface area contributed by atoms with Crippen molar-refractivity contribution in [1.82, 2.24) is 9.88 Å². The molecule has 23 heavy (non-hydrogen) atoms. The van der Waals surface area contributed by atoms with Gasteiger partial charge in [0.2, 0.25) is 0 Å². The number of aliphatic carboxylic acids is 1. The lowest BCUT2D eigenvalue weighted by Crippen LogP contribution is -2.63. The van der Waals surface area contributed by atoms with E-state index in [-0.39, 0.29) is 12.1 Å². The van der Waals surface area contributed by atoms with Crippen LogP contribution in [0.5, 0.6) is 0 Å². The highest BCUT2D eigenvalue weighted by Gasteiger charge is 2.48. The number of hydrogen-bond acceptors (Lipinski definition) is 4. The van der Waals surface area contributed by atoms with Crippen LogP contribution in [-0.4, -0.2) is 45.8 Å². The number of alkyl halides is 3. The highest BCUT2D eigenvalue weighted by molar-refractivity contribution is 5.72.